The minimum absolute atomic E-state index is 0.215. The molecular formula is C15H18N4OS2. The first-order chi connectivity index (χ1) is 10.8. The van der Waals surface area contributed by atoms with Gasteiger partial charge in [0.15, 0.2) is 0 Å². The number of thioether (sulfide) groups is 1. The van der Waals surface area contributed by atoms with Crippen LogP contribution in [0.15, 0.2) is 36.4 Å². The van der Waals surface area contributed by atoms with Crippen LogP contribution >= 0.6 is 23.1 Å². The van der Waals surface area contributed by atoms with Crippen molar-refractivity contribution in [2.24, 2.45) is 0 Å². The number of nitrogens with one attached hydrogen (secondary N) is 2. The number of carbonyl (C=O) groups excluding carboxylic acids is 1. The van der Waals surface area contributed by atoms with Gasteiger partial charge in [0.1, 0.15) is 0 Å². The van der Waals surface area contributed by atoms with Crippen molar-refractivity contribution in [1.29, 1.82) is 0 Å². The van der Waals surface area contributed by atoms with Gasteiger partial charge in [0.25, 0.3) is 0 Å². The van der Waals surface area contributed by atoms with E-state index in [-0.39, 0.29) is 5.91 Å². The SMILES string of the molecule is CCSCCNc1nnc(NC(=O)/C=C/c2ccccc2)s1. The monoisotopic (exact) mass is 334 g/mol. The first kappa shape index (κ1) is 16.5. The highest BCUT2D eigenvalue weighted by molar-refractivity contribution is 7.99. The van der Waals surface area contributed by atoms with Gasteiger partial charge in [-0.2, -0.15) is 11.8 Å². The summed E-state index contributed by atoms with van der Waals surface area (Å²) in [6.07, 6.45) is 3.25. The van der Waals surface area contributed by atoms with Crippen LogP contribution in [0.2, 0.25) is 0 Å². The van der Waals surface area contributed by atoms with Crippen LogP contribution in [0.3, 0.4) is 0 Å². The van der Waals surface area contributed by atoms with Crippen LogP contribution in [-0.2, 0) is 4.79 Å². The highest BCUT2D eigenvalue weighted by Gasteiger charge is 2.05. The fourth-order valence-corrected chi connectivity index (χ4v) is 2.81. The molecule has 0 saturated carbocycles. The van der Waals surface area contributed by atoms with Gasteiger partial charge < -0.3 is 5.32 Å². The number of rotatable bonds is 8. The molecule has 1 heterocycles. The van der Waals surface area contributed by atoms with Gasteiger partial charge >= 0.3 is 0 Å². The summed E-state index contributed by atoms with van der Waals surface area (Å²) in [7, 11) is 0. The first-order valence-electron chi connectivity index (χ1n) is 6.97. The summed E-state index contributed by atoms with van der Waals surface area (Å²) in [6.45, 7) is 2.97. The summed E-state index contributed by atoms with van der Waals surface area (Å²) < 4.78 is 0. The van der Waals surface area contributed by atoms with Gasteiger partial charge in [0.2, 0.25) is 16.2 Å². The van der Waals surface area contributed by atoms with Gasteiger partial charge in [-0.1, -0.05) is 48.6 Å². The Kier molecular flexibility index (Phi) is 6.92. The zero-order valence-electron chi connectivity index (χ0n) is 12.3. The van der Waals surface area contributed by atoms with Gasteiger partial charge in [0.05, 0.1) is 0 Å². The fraction of sp³-hybridized carbons (Fsp3) is 0.267. The molecule has 1 aromatic heterocycles. The molecule has 22 heavy (non-hydrogen) atoms. The third kappa shape index (κ3) is 5.87. The van der Waals surface area contributed by atoms with E-state index in [1.807, 2.05) is 42.1 Å². The Morgan fingerprint density at radius 2 is 2.05 bits per heavy atom. The molecule has 7 heteroatoms. The molecule has 0 saturated heterocycles. The van der Waals surface area contributed by atoms with Gasteiger partial charge in [0, 0.05) is 18.4 Å². The smallest absolute Gasteiger partial charge is 0.250 e. The molecule has 0 bridgehead atoms. The maximum absolute atomic E-state index is 11.8. The average Bonchev–Trinajstić information content (AvgIpc) is 2.98. The highest BCUT2D eigenvalue weighted by Crippen LogP contribution is 2.19. The maximum Gasteiger partial charge on any atom is 0.250 e. The number of hydrogen-bond donors (Lipinski definition) is 2. The Hall–Kier alpha value is -1.86. The third-order valence-corrected chi connectivity index (χ3v) is 4.31. The summed E-state index contributed by atoms with van der Waals surface area (Å²) in [5.41, 5.74) is 0.977. The molecule has 5 nitrogen and oxygen atoms in total. The van der Waals surface area contributed by atoms with Crippen molar-refractivity contribution in [2.45, 2.75) is 6.92 Å². The van der Waals surface area contributed by atoms with E-state index in [4.69, 9.17) is 0 Å². The molecule has 0 aliphatic heterocycles. The van der Waals surface area contributed by atoms with Crippen molar-refractivity contribution >= 4 is 45.3 Å². The summed E-state index contributed by atoms with van der Waals surface area (Å²) in [6, 6.07) is 9.66. The zero-order chi connectivity index (χ0) is 15.6. The van der Waals surface area contributed by atoms with E-state index in [0.717, 1.165) is 28.7 Å². The number of benzene rings is 1. The molecule has 2 aromatic rings. The number of amides is 1. The van der Waals surface area contributed by atoms with E-state index in [1.165, 1.54) is 17.4 Å². The highest BCUT2D eigenvalue weighted by atomic mass is 32.2. The van der Waals surface area contributed by atoms with Crippen LogP contribution in [-0.4, -0.2) is 34.2 Å². The molecule has 116 valence electrons. The second-order valence-corrected chi connectivity index (χ2v) is 6.64. The lowest BCUT2D eigenvalue weighted by molar-refractivity contribution is -0.111. The molecule has 1 aromatic carbocycles. The topological polar surface area (TPSA) is 66.9 Å². The lowest BCUT2D eigenvalue weighted by Crippen LogP contribution is -2.07. The quantitative estimate of drug-likeness (QED) is 0.572. The van der Waals surface area contributed by atoms with Gasteiger partial charge in [-0.05, 0) is 17.4 Å². The lowest BCUT2D eigenvalue weighted by atomic mass is 10.2. The first-order valence-corrected chi connectivity index (χ1v) is 8.94. The minimum Gasteiger partial charge on any atom is -0.359 e. The van der Waals surface area contributed by atoms with Crippen molar-refractivity contribution in [3.8, 4) is 0 Å². The molecule has 0 spiro atoms. The van der Waals surface area contributed by atoms with E-state index >= 15 is 0 Å². The Balaban J connectivity index is 1.79. The van der Waals surface area contributed by atoms with Crippen LogP contribution in [0.25, 0.3) is 6.08 Å². The summed E-state index contributed by atoms with van der Waals surface area (Å²) in [4.78, 5) is 11.8. The molecular weight excluding hydrogens is 316 g/mol. The van der Waals surface area contributed by atoms with E-state index in [9.17, 15) is 4.79 Å². The van der Waals surface area contributed by atoms with Crippen LogP contribution < -0.4 is 10.6 Å². The Morgan fingerprint density at radius 3 is 2.82 bits per heavy atom. The number of aromatic nitrogens is 2. The molecule has 2 rings (SSSR count). The molecule has 2 N–H and O–H groups in total. The second-order valence-electron chi connectivity index (χ2n) is 4.27. The van der Waals surface area contributed by atoms with Crippen LogP contribution in [0.1, 0.15) is 12.5 Å². The average molecular weight is 334 g/mol. The summed E-state index contributed by atoms with van der Waals surface area (Å²) >= 11 is 3.20. The van der Waals surface area contributed by atoms with Crippen molar-refractivity contribution in [2.75, 3.05) is 28.7 Å². The number of carbonyl (C=O) groups is 1. The van der Waals surface area contributed by atoms with Crippen LogP contribution in [0.4, 0.5) is 10.3 Å². The molecule has 0 aliphatic rings. The zero-order valence-corrected chi connectivity index (χ0v) is 13.9. The second kappa shape index (κ2) is 9.22. The molecule has 0 radical (unpaired) electrons. The summed E-state index contributed by atoms with van der Waals surface area (Å²) in [5, 5.41) is 15.0. The number of anilines is 2. The third-order valence-electron chi connectivity index (χ3n) is 2.61. The fourth-order valence-electron chi connectivity index (χ4n) is 1.60. The van der Waals surface area contributed by atoms with E-state index in [1.54, 1.807) is 6.08 Å². The van der Waals surface area contributed by atoms with E-state index in [2.05, 4.69) is 27.8 Å². The van der Waals surface area contributed by atoms with Crippen molar-refractivity contribution in [3.05, 3.63) is 42.0 Å². The minimum atomic E-state index is -0.215. The predicted octanol–water partition coefficient (Wildman–Crippen LogP) is 3.36. The largest absolute Gasteiger partial charge is 0.359 e. The molecule has 0 aliphatic carbocycles. The van der Waals surface area contributed by atoms with Gasteiger partial charge in [-0.15, -0.1) is 10.2 Å². The molecule has 0 unspecified atom stereocenters. The van der Waals surface area contributed by atoms with Crippen LogP contribution in [0.5, 0.6) is 0 Å². The van der Waals surface area contributed by atoms with Crippen molar-refractivity contribution < 1.29 is 4.79 Å². The predicted molar refractivity (Wildman–Crippen MR) is 95.5 cm³/mol. The van der Waals surface area contributed by atoms with E-state index in [0.29, 0.717) is 5.13 Å². The normalized spacial score (nSPS) is 10.8. The maximum atomic E-state index is 11.8. The van der Waals surface area contributed by atoms with Crippen LogP contribution in [0, 0.1) is 0 Å². The van der Waals surface area contributed by atoms with E-state index < -0.39 is 0 Å². The van der Waals surface area contributed by atoms with Crippen molar-refractivity contribution in [3.63, 3.8) is 0 Å². The number of hydrogen-bond acceptors (Lipinski definition) is 6. The molecule has 0 atom stereocenters. The lowest BCUT2D eigenvalue weighted by Gasteiger charge is -1.99. The Labute approximate surface area is 138 Å². The molecule has 0 fully saturated rings. The number of nitrogens with zero attached hydrogens (tertiary/aromatic N) is 2. The van der Waals surface area contributed by atoms with Crippen molar-refractivity contribution in [1.82, 2.24) is 10.2 Å². The Morgan fingerprint density at radius 1 is 1.27 bits per heavy atom. The standard InChI is InChI=1S/C15H18N4OS2/c1-2-21-11-10-16-14-18-19-15(22-14)17-13(20)9-8-12-6-4-3-5-7-12/h3-9H,2,10-11H2,1H3,(H,16,18)(H,17,19,20)/b9-8+. The molecule has 1 amide bonds. The Bertz CT molecular complexity index is 613. The summed E-state index contributed by atoms with van der Waals surface area (Å²) in [5.74, 6) is 1.91. The van der Waals surface area contributed by atoms with Gasteiger partial charge in [-0.3, -0.25) is 10.1 Å². The van der Waals surface area contributed by atoms with Gasteiger partial charge in [-0.25, -0.2) is 0 Å².